The van der Waals surface area contributed by atoms with E-state index in [-0.39, 0.29) is 5.56 Å². The lowest BCUT2D eigenvalue weighted by Crippen LogP contribution is -2.14. The van der Waals surface area contributed by atoms with Crippen molar-refractivity contribution in [1.29, 1.82) is 0 Å². The Hall–Kier alpha value is -2.34. The number of aryl methyl sites for hydroxylation is 1. The summed E-state index contributed by atoms with van der Waals surface area (Å²) in [5.41, 5.74) is 2.59. The van der Waals surface area contributed by atoms with Crippen molar-refractivity contribution in [1.82, 2.24) is 5.32 Å². The molecule has 27 heavy (non-hydrogen) atoms. The van der Waals surface area contributed by atoms with Crippen LogP contribution in [0.3, 0.4) is 0 Å². The van der Waals surface area contributed by atoms with Crippen LogP contribution >= 0.6 is 0 Å². The van der Waals surface area contributed by atoms with Gasteiger partial charge in [0.2, 0.25) is 0 Å². The Morgan fingerprint density at radius 1 is 1.19 bits per heavy atom. The first kappa shape index (κ1) is 21.0. The number of rotatable bonds is 6. The number of nitrogens with one attached hydrogen (secondary N) is 1. The van der Waals surface area contributed by atoms with Crippen molar-refractivity contribution >= 4 is 5.97 Å². The largest absolute Gasteiger partial charge is 0.469 e. The summed E-state index contributed by atoms with van der Waals surface area (Å²) in [6.07, 6.45) is -4.51. The van der Waals surface area contributed by atoms with Crippen LogP contribution in [0.15, 0.2) is 36.4 Å². The minimum Gasteiger partial charge on any atom is -0.469 e. The van der Waals surface area contributed by atoms with E-state index in [1.807, 2.05) is 32.0 Å². The first-order chi connectivity index (χ1) is 12.7. The summed E-state index contributed by atoms with van der Waals surface area (Å²) in [6.45, 7) is 6.75. The van der Waals surface area contributed by atoms with Crippen molar-refractivity contribution in [3.63, 3.8) is 0 Å². The van der Waals surface area contributed by atoms with Crippen LogP contribution in [-0.2, 0) is 22.3 Å². The van der Waals surface area contributed by atoms with Gasteiger partial charge in [-0.05, 0) is 54.8 Å². The molecule has 3 nitrogen and oxygen atoms in total. The number of esters is 1. The second kappa shape index (κ2) is 8.57. The first-order valence-corrected chi connectivity index (χ1v) is 8.78. The highest BCUT2D eigenvalue weighted by molar-refractivity contribution is 5.79. The Morgan fingerprint density at radius 2 is 1.89 bits per heavy atom. The zero-order valence-electron chi connectivity index (χ0n) is 15.9. The smallest absolute Gasteiger partial charge is 0.416 e. The van der Waals surface area contributed by atoms with E-state index in [1.54, 1.807) is 13.0 Å². The van der Waals surface area contributed by atoms with Gasteiger partial charge in [-0.15, -0.1) is 0 Å². The monoisotopic (exact) mass is 379 g/mol. The zero-order valence-corrected chi connectivity index (χ0v) is 15.9. The van der Waals surface area contributed by atoms with E-state index in [0.717, 1.165) is 29.8 Å². The molecule has 0 amide bonds. The van der Waals surface area contributed by atoms with Crippen molar-refractivity contribution in [3.8, 4) is 11.1 Å². The Balaban J connectivity index is 2.64. The Labute approximate surface area is 157 Å². The standard InChI is InChI=1S/C21H24F3NO2/c1-5-25-12-17-8-13(2)6-7-19(17)16-9-15(14(3)20(26)27-4)10-18(11-16)21(22,23)24/h6-11,14,25H,5,12H2,1-4H3/t14-/m1/s1. The average molecular weight is 379 g/mol. The van der Waals surface area contributed by atoms with E-state index >= 15 is 0 Å². The predicted molar refractivity (Wildman–Crippen MR) is 99.4 cm³/mol. The lowest BCUT2D eigenvalue weighted by molar-refractivity contribution is -0.142. The molecule has 146 valence electrons. The van der Waals surface area contributed by atoms with Crippen LogP contribution in [0.2, 0.25) is 0 Å². The van der Waals surface area contributed by atoms with Crippen LogP contribution in [0.5, 0.6) is 0 Å². The van der Waals surface area contributed by atoms with E-state index in [0.29, 0.717) is 17.7 Å². The number of hydrogen-bond acceptors (Lipinski definition) is 3. The summed E-state index contributed by atoms with van der Waals surface area (Å²) < 4.78 is 45.0. The highest BCUT2D eigenvalue weighted by Crippen LogP contribution is 2.36. The summed E-state index contributed by atoms with van der Waals surface area (Å²) in [4.78, 5) is 11.9. The average Bonchev–Trinajstić information content (AvgIpc) is 2.64. The minimum absolute atomic E-state index is 0.279. The summed E-state index contributed by atoms with van der Waals surface area (Å²) >= 11 is 0. The third kappa shape index (κ3) is 5.10. The van der Waals surface area contributed by atoms with Crippen LogP contribution in [-0.4, -0.2) is 19.6 Å². The van der Waals surface area contributed by atoms with Crippen molar-refractivity contribution in [2.45, 2.75) is 39.4 Å². The maximum Gasteiger partial charge on any atom is 0.416 e. The molecule has 0 aliphatic heterocycles. The molecule has 0 bridgehead atoms. The molecule has 0 unspecified atom stereocenters. The molecule has 2 rings (SSSR count). The molecule has 0 radical (unpaired) electrons. The summed E-state index contributed by atoms with van der Waals surface area (Å²) in [5.74, 6) is -1.37. The lowest BCUT2D eigenvalue weighted by Gasteiger charge is -2.18. The minimum atomic E-state index is -4.51. The van der Waals surface area contributed by atoms with Crippen LogP contribution in [0.1, 0.15) is 42.0 Å². The third-order valence-corrected chi connectivity index (χ3v) is 4.47. The Kier molecular flexibility index (Phi) is 6.65. The fourth-order valence-corrected chi connectivity index (χ4v) is 2.94. The van der Waals surface area contributed by atoms with Crippen LogP contribution < -0.4 is 5.32 Å². The number of carbonyl (C=O) groups is 1. The van der Waals surface area contributed by atoms with Gasteiger partial charge in [0.15, 0.2) is 0 Å². The highest BCUT2D eigenvalue weighted by atomic mass is 19.4. The van der Waals surface area contributed by atoms with E-state index in [2.05, 4.69) is 5.32 Å². The maximum absolute atomic E-state index is 13.4. The molecular weight excluding hydrogens is 355 g/mol. The summed E-state index contributed by atoms with van der Waals surface area (Å²) in [6, 6.07) is 9.44. The van der Waals surface area contributed by atoms with Gasteiger partial charge in [0.05, 0.1) is 18.6 Å². The number of halogens is 3. The van der Waals surface area contributed by atoms with E-state index in [1.165, 1.54) is 7.11 Å². The Morgan fingerprint density at radius 3 is 2.48 bits per heavy atom. The maximum atomic E-state index is 13.4. The molecule has 2 aromatic carbocycles. The molecule has 0 saturated heterocycles. The van der Waals surface area contributed by atoms with Crippen LogP contribution in [0.25, 0.3) is 11.1 Å². The van der Waals surface area contributed by atoms with Crippen LogP contribution in [0.4, 0.5) is 13.2 Å². The van der Waals surface area contributed by atoms with Crippen molar-refractivity contribution < 1.29 is 22.7 Å². The fraction of sp³-hybridized carbons (Fsp3) is 0.381. The van der Waals surface area contributed by atoms with Gasteiger partial charge in [-0.1, -0.05) is 36.8 Å². The highest BCUT2D eigenvalue weighted by Gasteiger charge is 2.32. The molecule has 0 heterocycles. The van der Waals surface area contributed by atoms with Gasteiger partial charge in [0, 0.05) is 6.54 Å². The normalized spacial score (nSPS) is 12.7. The molecule has 1 atom stereocenters. The molecule has 2 aromatic rings. The van der Waals surface area contributed by atoms with Gasteiger partial charge in [0.1, 0.15) is 0 Å². The molecular formula is C21H24F3NO2. The first-order valence-electron chi connectivity index (χ1n) is 8.78. The van der Waals surface area contributed by atoms with Gasteiger partial charge in [0.25, 0.3) is 0 Å². The molecule has 0 aliphatic rings. The molecule has 1 N–H and O–H groups in total. The summed E-state index contributed by atoms with van der Waals surface area (Å²) in [7, 11) is 1.22. The zero-order chi connectivity index (χ0) is 20.2. The number of carbonyl (C=O) groups excluding carboxylic acids is 1. The molecule has 0 aromatic heterocycles. The van der Waals surface area contributed by atoms with Gasteiger partial charge in [-0.25, -0.2) is 0 Å². The molecule has 0 spiro atoms. The summed E-state index contributed by atoms with van der Waals surface area (Å²) in [5, 5.41) is 3.22. The number of benzene rings is 2. The van der Waals surface area contributed by atoms with E-state index in [4.69, 9.17) is 4.74 Å². The van der Waals surface area contributed by atoms with Gasteiger partial charge in [-0.2, -0.15) is 13.2 Å². The van der Waals surface area contributed by atoms with Crippen molar-refractivity contribution in [3.05, 3.63) is 58.7 Å². The van der Waals surface area contributed by atoms with Gasteiger partial charge >= 0.3 is 12.1 Å². The van der Waals surface area contributed by atoms with E-state index < -0.39 is 23.6 Å². The molecule has 0 aliphatic carbocycles. The number of alkyl halides is 3. The number of ether oxygens (including phenoxy) is 1. The van der Waals surface area contributed by atoms with E-state index in [9.17, 15) is 18.0 Å². The van der Waals surface area contributed by atoms with Gasteiger partial charge in [-0.3, -0.25) is 4.79 Å². The lowest BCUT2D eigenvalue weighted by atomic mass is 9.91. The third-order valence-electron chi connectivity index (χ3n) is 4.47. The molecule has 0 fully saturated rings. The van der Waals surface area contributed by atoms with Crippen molar-refractivity contribution in [2.75, 3.05) is 13.7 Å². The molecule has 6 heteroatoms. The molecule has 0 saturated carbocycles. The second-order valence-corrected chi connectivity index (χ2v) is 6.53. The topological polar surface area (TPSA) is 38.3 Å². The second-order valence-electron chi connectivity index (χ2n) is 6.53. The number of methoxy groups -OCH3 is 1. The van der Waals surface area contributed by atoms with Crippen LogP contribution in [0, 0.1) is 6.92 Å². The predicted octanol–water partition coefficient (Wildman–Crippen LogP) is 5.07. The van der Waals surface area contributed by atoms with Gasteiger partial charge < -0.3 is 10.1 Å². The quantitative estimate of drug-likeness (QED) is 0.713. The Bertz CT molecular complexity index is 816. The SMILES string of the molecule is CCNCc1cc(C)ccc1-c1cc([C@@H](C)C(=O)OC)cc(C(F)(F)F)c1. The fourth-order valence-electron chi connectivity index (χ4n) is 2.94. The number of hydrogen-bond donors (Lipinski definition) is 1. The van der Waals surface area contributed by atoms with Crippen molar-refractivity contribution in [2.24, 2.45) is 0 Å².